The summed E-state index contributed by atoms with van der Waals surface area (Å²) in [5.74, 6) is 3.78. The third-order valence-corrected chi connectivity index (χ3v) is 11.4. The topological polar surface area (TPSA) is 77.3 Å². The summed E-state index contributed by atoms with van der Waals surface area (Å²) in [6.07, 6.45) is 0. The van der Waals surface area contributed by atoms with Gasteiger partial charge in [-0.1, -0.05) is 231 Å². The van der Waals surface area contributed by atoms with E-state index in [1.165, 1.54) is 0 Å². The molecule has 6 nitrogen and oxygen atoms in total. The van der Waals surface area contributed by atoms with Gasteiger partial charge in [0.2, 0.25) is 0 Å². The van der Waals surface area contributed by atoms with Crippen molar-refractivity contribution in [3.63, 3.8) is 0 Å². The molecule has 0 bridgehead atoms. The van der Waals surface area contributed by atoms with Gasteiger partial charge in [0, 0.05) is 33.4 Å². The Morgan fingerprint density at radius 2 is 0.516 bits per heavy atom. The summed E-state index contributed by atoms with van der Waals surface area (Å²) in [7, 11) is 0. The van der Waals surface area contributed by atoms with E-state index in [0.717, 1.165) is 77.5 Å². The normalized spacial score (nSPS) is 11.1. The summed E-state index contributed by atoms with van der Waals surface area (Å²) in [4.78, 5) is 30.0. The van der Waals surface area contributed by atoms with Crippen molar-refractivity contribution in [2.24, 2.45) is 0 Å². The van der Waals surface area contributed by atoms with Gasteiger partial charge in [0.05, 0.1) is 0 Å². The molecule has 300 valence electrons. The van der Waals surface area contributed by atoms with Crippen LogP contribution in [0, 0.1) is 0 Å². The second kappa shape index (κ2) is 17.0. The molecule has 2 heterocycles. The number of aromatic nitrogens is 6. The standard InChI is InChI=1S/C58H38N6/c1-5-18-43(19-6-1)53-59-54(44-20-7-2-8-21-44)61-57(60-53)47-35-31-40(32-36-47)39-29-33-42(34-30-39)49-38-37-41-17-13-14-26-48(41)52(49)50-27-15-16-28-51(50)58-63-55(45-22-9-3-10-23-45)62-56(64-58)46-24-11-4-12-25-46/h1-38H. The number of nitrogens with zero attached hydrogens (tertiary/aromatic N) is 6. The first-order valence-corrected chi connectivity index (χ1v) is 21.3. The maximum absolute atomic E-state index is 5.14. The third kappa shape index (κ3) is 7.61. The molecule has 0 aliphatic heterocycles. The van der Waals surface area contributed by atoms with Crippen LogP contribution >= 0.6 is 0 Å². The van der Waals surface area contributed by atoms with E-state index >= 15 is 0 Å². The lowest BCUT2D eigenvalue weighted by molar-refractivity contribution is 1.07. The molecule has 0 atom stereocenters. The quantitative estimate of drug-likeness (QED) is 0.144. The molecule has 0 aliphatic carbocycles. The average Bonchev–Trinajstić information content (AvgIpc) is 3.39. The first kappa shape index (κ1) is 38.2. The third-order valence-electron chi connectivity index (χ3n) is 11.4. The summed E-state index contributed by atoms with van der Waals surface area (Å²) in [5.41, 5.74) is 12.2. The summed E-state index contributed by atoms with van der Waals surface area (Å²) >= 11 is 0. The van der Waals surface area contributed by atoms with Gasteiger partial charge in [-0.05, 0) is 44.2 Å². The predicted octanol–water partition coefficient (Wildman–Crippen LogP) is 14.2. The smallest absolute Gasteiger partial charge is 0.164 e. The second-order valence-electron chi connectivity index (χ2n) is 15.5. The van der Waals surface area contributed by atoms with Gasteiger partial charge in [-0.3, -0.25) is 0 Å². The van der Waals surface area contributed by atoms with Crippen LogP contribution in [0.5, 0.6) is 0 Å². The Labute approximate surface area is 371 Å². The predicted molar refractivity (Wildman–Crippen MR) is 260 cm³/mol. The monoisotopic (exact) mass is 818 g/mol. The number of benzene rings is 9. The lowest BCUT2D eigenvalue weighted by Crippen LogP contribution is -2.01. The van der Waals surface area contributed by atoms with Crippen LogP contribution in [0.15, 0.2) is 231 Å². The second-order valence-corrected chi connectivity index (χ2v) is 15.5. The van der Waals surface area contributed by atoms with Crippen LogP contribution in [-0.2, 0) is 0 Å². The molecule has 9 aromatic carbocycles. The molecule has 0 aliphatic rings. The Morgan fingerprint density at radius 3 is 0.969 bits per heavy atom. The Balaban J connectivity index is 0.973. The number of hydrogen-bond donors (Lipinski definition) is 0. The van der Waals surface area contributed by atoms with Crippen molar-refractivity contribution in [3.05, 3.63) is 231 Å². The molecule has 0 amide bonds. The van der Waals surface area contributed by atoms with Crippen LogP contribution in [0.3, 0.4) is 0 Å². The molecule has 0 unspecified atom stereocenters. The minimum absolute atomic E-state index is 0.616. The Kier molecular flexibility index (Phi) is 10.1. The first-order valence-electron chi connectivity index (χ1n) is 21.3. The minimum atomic E-state index is 0.616. The van der Waals surface area contributed by atoms with Crippen LogP contribution < -0.4 is 0 Å². The maximum atomic E-state index is 5.14. The largest absolute Gasteiger partial charge is 0.208 e. The molecule has 11 aromatic rings. The molecule has 0 spiro atoms. The van der Waals surface area contributed by atoms with E-state index < -0.39 is 0 Å². The molecule has 0 N–H and O–H groups in total. The van der Waals surface area contributed by atoms with E-state index in [0.29, 0.717) is 34.9 Å². The lowest BCUT2D eigenvalue weighted by atomic mass is 9.87. The SMILES string of the molecule is c1ccc(-c2nc(-c3ccccc3)nc(-c3ccc(-c4ccc(-c5ccc6ccccc6c5-c5ccccc5-c5nc(-c6ccccc6)nc(-c6ccccc6)n5)cc4)cc3)n2)cc1. The fourth-order valence-electron chi connectivity index (χ4n) is 8.22. The minimum Gasteiger partial charge on any atom is -0.208 e. The fraction of sp³-hybridized carbons (Fsp3) is 0. The van der Waals surface area contributed by atoms with Crippen molar-refractivity contribution in [2.45, 2.75) is 0 Å². The molecule has 0 saturated carbocycles. The van der Waals surface area contributed by atoms with Gasteiger partial charge in [-0.15, -0.1) is 0 Å². The summed E-state index contributed by atoms with van der Waals surface area (Å²) in [5, 5.41) is 2.31. The van der Waals surface area contributed by atoms with Crippen LogP contribution in [0.2, 0.25) is 0 Å². The van der Waals surface area contributed by atoms with Crippen LogP contribution in [-0.4, -0.2) is 29.9 Å². The maximum Gasteiger partial charge on any atom is 0.164 e. The Morgan fingerprint density at radius 1 is 0.188 bits per heavy atom. The highest BCUT2D eigenvalue weighted by molar-refractivity contribution is 6.07. The average molecular weight is 819 g/mol. The van der Waals surface area contributed by atoms with Gasteiger partial charge in [0.15, 0.2) is 34.9 Å². The fourth-order valence-corrected chi connectivity index (χ4v) is 8.22. The highest BCUT2D eigenvalue weighted by Crippen LogP contribution is 2.43. The molecule has 0 radical (unpaired) electrons. The zero-order chi connectivity index (χ0) is 42.7. The van der Waals surface area contributed by atoms with E-state index in [1.54, 1.807) is 0 Å². The van der Waals surface area contributed by atoms with E-state index in [4.69, 9.17) is 29.9 Å². The summed E-state index contributed by atoms with van der Waals surface area (Å²) in [6, 6.07) is 79.1. The van der Waals surface area contributed by atoms with Crippen molar-refractivity contribution >= 4 is 10.8 Å². The van der Waals surface area contributed by atoms with Crippen molar-refractivity contribution in [1.29, 1.82) is 0 Å². The molecule has 11 rings (SSSR count). The van der Waals surface area contributed by atoms with Gasteiger partial charge < -0.3 is 0 Å². The van der Waals surface area contributed by atoms with Gasteiger partial charge in [0.1, 0.15) is 0 Å². The van der Waals surface area contributed by atoms with Gasteiger partial charge in [-0.2, -0.15) is 0 Å². The highest BCUT2D eigenvalue weighted by atomic mass is 15.0. The molecule has 0 saturated heterocycles. The van der Waals surface area contributed by atoms with Gasteiger partial charge in [-0.25, -0.2) is 29.9 Å². The summed E-state index contributed by atoms with van der Waals surface area (Å²) < 4.78 is 0. The van der Waals surface area contributed by atoms with Gasteiger partial charge >= 0.3 is 0 Å². The molecule has 0 fully saturated rings. The molecule has 64 heavy (non-hydrogen) atoms. The number of fused-ring (bicyclic) bond motifs is 1. The first-order chi connectivity index (χ1) is 31.7. The zero-order valence-corrected chi connectivity index (χ0v) is 34.6. The Hall–Kier alpha value is -8.74. The van der Waals surface area contributed by atoms with Crippen molar-refractivity contribution in [2.75, 3.05) is 0 Å². The number of rotatable bonds is 9. The van der Waals surface area contributed by atoms with Crippen molar-refractivity contribution in [3.8, 4) is 102 Å². The van der Waals surface area contributed by atoms with E-state index in [9.17, 15) is 0 Å². The number of hydrogen-bond acceptors (Lipinski definition) is 6. The molecule has 6 heteroatoms. The molecular formula is C58H38N6. The van der Waals surface area contributed by atoms with Crippen molar-refractivity contribution < 1.29 is 0 Å². The summed E-state index contributed by atoms with van der Waals surface area (Å²) in [6.45, 7) is 0. The zero-order valence-electron chi connectivity index (χ0n) is 34.6. The van der Waals surface area contributed by atoms with Crippen molar-refractivity contribution in [1.82, 2.24) is 29.9 Å². The molecular weight excluding hydrogens is 781 g/mol. The van der Waals surface area contributed by atoms with E-state index in [2.05, 4.69) is 109 Å². The lowest BCUT2D eigenvalue weighted by Gasteiger charge is -2.18. The van der Waals surface area contributed by atoms with E-state index in [1.807, 2.05) is 121 Å². The van der Waals surface area contributed by atoms with Gasteiger partial charge in [0.25, 0.3) is 0 Å². The molecule has 2 aromatic heterocycles. The van der Waals surface area contributed by atoms with Crippen LogP contribution in [0.25, 0.3) is 112 Å². The van der Waals surface area contributed by atoms with Crippen LogP contribution in [0.4, 0.5) is 0 Å². The highest BCUT2D eigenvalue weighted by Gasteiger charge is 2.20. The Bertz CT molecular complexity index is 3280. The van der Waals surface area contributed by atoms with E-state index in [-0.39, 0.29) is 0 Å². The van der Waals surface area contributed by atoms with Crippen LogP contribution in [0.1, 0.15) is 0 Å².